The van der Waals surface area contributed by atoms with Gasteiger partial charge in [0.15, 0.2) is 0 Å². The predicted molar refractivity (Wildman–Crippen MR) is 92.0 cm³/mol. The first-order valence-corrected chi connectivity index (χ1v) is 7.48. The Bertz CT molecular complexity index is 932. The first kappa shape index (κ1) is 16.3. The largest absolute Gasteiger partial charge is 0.507 e. The number of carboxylic acid groups (broad SMARTS) is 1. The third-order valence-corrected chi connectivity index (χ3v) is 3.58. The summed E-state index contributed by atoms with van der Waals surface area (Å²) in [5.41, 5.74) is 1.73. The molecule has 0 aromatic heterocycles. The van der Waals surface area contributed by atoms with Crippen molar-refractivity contribution in [3.05, 3.63) is 78.4 Å². The van der Waals surface area contributed by atoms with Crippen molar-refractivity contribution in [3.63, 3.8) is 0 Å². The molecule has 0 atom stereocenters. The van der Waals surface area contributed by atoms with Crippen molar-refractivity contribution in [1.82, 2.24) is 0 Å². The Morgan fingerprint density at radius 1 is 0.760 bits per heavy atom. The van der Waals surface area contributed by atoms with Crippen LogP contribution < -0.4 is 4.74 Å². The Hall–Kier alpha value is -3.60. The van der Waals surface area contributed by atoms with Crippen LogP contribution in [0.5, 0.6) is 17.2 Å². The zero-order valence-corrected chi connectivity index (χ0v) is 13.0. The molecule has 5 heteroatoms. The van der Waals surface area contributed by atoms with E-state index in [0.717, 1.165) is 11.1 Å². The van der Waals surface area contributed by atoms with Crippen LogP contribution in [0, 0.1) is 0 Å². The molecule has 3 aromatic rings. The molecule has 0 spiro atoms. The summed E-state index contributed by atoms with van der Waals surface area (Å²) in [6.07, 6.45) is 0. The number of carbonyl (C=O) groups excluding carboxylic acids is 1. The molecule has 5 nitrogen and oxygen atoms in total. The van der Waals surface area contributed by atoms with Crippen molar-refractivity contribution in [2.24, 2.45) is 0 Å². The topological polar surface area (TPSA) is 83.8 Å². The summed E-state index contributed by atoms with van der Waals surface area (Å²) >= 11 is 0. The van der Waals surface area contributed by atoms with Crippen molar-refractivity contribution in [2.45, 2.75) is 0 Å². The van der Waals surface area contributed by atoms with Gasteiger partial charge in [0, 0.05) is 6.07 Å². The van der Waals surface area contributed by atoms with Crippen LogP contribution in [0.3, 0.4) is 0 Å². The minimum atomic E-state index is -1.63. The molecule has 0 aliphatic heterocycles. The van der Waals surface area contributed by atoms with Crippen LogP contribution in [0.25, 0.3) is 11.1 Å². The third kappa shape index (κ3) is 3.67. The number of aromatic hydroxyl groups is 1. The Balaban J connectivity index is 1.85. The summed E-state index contributed by atoms with van der Waals surface area (Å²) in [6, 6.07) is 21.1. The van der Waals surface area contributed by atoms with Crippen molar-refractivity contribution >= 4 is 11.8 Å². The van der Waals surface area contributed by atoms with Gasteiger partial charge >= 0.3 is 5.97 Å². The minimum absolute atomic E-state index is 0.280. The fraction of sp³-hybridized carbons (Fsp3) is 0. The fourth-order valence-corrected chi connectivity index (χ4v) is 2.39. The molecule has 0 radical (unpaired) electrons. The van der Waals surface area contributed by atoms with E-state index in [-0.39, 0.29) is 5.56 Å². The first-order valence-electron chi connectivity index (χ1n) is 7.48. The lowest BCUT2D eigenvalue weighted by Gasteiger charge is -2.09. The molecule has 0 aliphatic rings. The van der Waals surface area contributed by atoms with Gasteiger partial charge in [0.1, 0.15) is 17.2 Å². The number of ether oxygens (including phenoxy) is 1. The second-order valence-corrected chi connectivity index (χ2v) is 5.31. The smallest absolute Gasteiger partial charge is 0.377 e. The highest BCUT2D eigenvalue weighted by atomic mass is 16.5. The van der Waals surface area contributed by atoms with E-state index in [9.17, 15) is 14.7 Å². The number of aliphatic carboxylic acids is 1. The molecule has 0 aliphatic carbocycles. The maximum absolute atomic E-state index is 11.4. The van der Waals surface area contributed by atoms with Crippen molar-refractivity contribution < 1.29 is 24.5 Å². The first-order chi connectivity index (χ1) is 12.0. The van der Waals surface area contributed by atoms with Gasteiger partial charge in [-0.1, -0.05) is 42.5 Å². The number of phenols is 1. The molecule has 3 rings (SSSR count). The maximum Gasteiger partial charge on any atom is 0.377 e. The Morgan fingerprint density at radius 3 is 2.12 bits per heavy atom. The molecule has 0 heterocycles. The fourth-order valence-electron chi connectivity index (χ4n) is 2.39. The van der Waals surface area contributed by atoms with E-state index in [4.69, 9.17) is 9.84 Å². The Kier molecular flexibility index (Phi) is 4.48. The van der Waals surface area contributed by atoms with Crippen molar-refractivity contribution in [3.8, 4) is 28.4 Å². The molecule has 124 valence electrons. The van der Waals surface area contributed by atoms with Crippen molar-refractivity contribution in [1.29, 1.82) is 0 Å². The van der Waals surface area contributed by atoms with Crippen LogP contribution in [-0.4, -0.2) is 22.0 Å². The van der Waals surface area contributed by atoms with E-state index in [1.165, 1.54) is 18.2 Å². The average Bonchev–Trinajstić information content (AvgIpc) is 2.62. The van der Waals surface area contributed by atoms with Crippen LogP contribution in [0.4, 0.5) is 0 Å². The average molecular weight is 334 g/mol. The molecular weight excluding hydrogens is 320 g/mol. The molecule has 0 unspecified atom stereocenters. The quantitative estimate of drug-likeness (QED) is 0.542. The highest BCUT2D eigenvalue weighted by Gasteiger charge is 2.19. The SMILES string of the molecule is O=C(O)C(=O)c1ccc(Oc2cccc(-c3ccccc3)c2)cc1O. The highest BCUT2D eigenvalue weighted by molar-refractivity contribution is 6.40. The van der Waals surface area contributed by atoms with Gasteiger partial charge in [0.25, 0.3) is 5.78 Å². The minimum Gasteiger partial charge on any atom is -0.507 e. The monoisotopic (exact) mass is 334 g/mol. The Labute approximate surface area is 143 Å². The molecule has 0 saturated heterocycles. The summed E-state index contributed by atoms with van der Waals surface area (Å²) in [6.45, 7) is 0. The third-order valence-electron chi connectivity index (χ3n) is 3.58. The molecule has 2 N–H and O–H groups in total. The van der Waals surface area contributed by atoms with Gasteiger partial charge in [0.2, 0.25) is 0 Å². The van der Waals surface area contributed by atoms with Gasteiger partial charge in [-0.25, -0.2) is 4.79 Å². The van der Waals surface area contributed by atoms with Crippen LogP contribution >= 0.6 is 0 Å². The number of benzene rings is 3. The summed E-state index contributed by atoms with van der Waals surface area (Å²) < 4.78 is 5.70. The number of carboxylic acids is 1. The lowest BCUT2D eigenvalue weighted by Crippen LogP contribution is -2.12. The van der Waals surface area contributed by atoms with E-state index >= 15 is 0 Å². The normalized spacial score (nSPS) is 10.2. The zero-order chi connectivity index (χ0) is 17.8. The van der Waals surface area contributed by atoms with Gasteiger partial charge in [-0.3, -0.25) is 4.79 Å². The second-order valence-electron chi connectivity index (χ2n) is 5.31. The molecule has 3 aromatic carbocycles. The standard InChI is InChI=1S/C20H14O5/c21-18-12-16(9-10-17(18)19(22)20(23)24)25-15-8-4-7-14(11-15)13-5-2-1-3-6-13/h1-12,21H,(H,23,24). The number of rotatable bonds is 5. The maximum atomic E-state index is 11.4. The van der Waals surface area contributed by atoms with E-state index in [1.807, 2.05) is 48.5 Å². The molecule has 0 saturated carbocycles. The second kappa shape index (κ2) is 6.88. The molecule has 0 amide bonds. The summed E-state index contributed by atoms with van der Waals surface area (Å²) in [5.74, 6) is -2.39. The molecule has 0 bridgehead atoms. The number of Topliss-reactive ketones (excluding diaryl/α,β-unsaturated/α-hetero) is 1. The number of carbonyl (C=O) groups is 2. The van der Waals surface area contributed by atoms with Gasteiger partial charge < -0.3 is 14.9 Å². The van der Waals surface area contributed by atoms with Crippen LogP contribution in [-0.2, 0) is 4.79 Å². The summed E-state index contributed by atoms with van der Waals surface area (Å²) in [5, 5.41) is 18.6. The molecule has 0 fully saturated rings. The van der Waals surface area contributed by atoms with Crippen LogP contribution in [0.15, 0.2) is 72.8 Å². The number of hydrogen-bond donors (Lipinski definition) is 2. The predicted octanol–water partition coefficient (Wildman–Crippen LogP) is 4.12. The lowest BCUT2D eigenvalue weighted by atomic mass is 10.1. The van der Waals surface area contributed by atoms with Gasteiger partial charge in [-0.05, 0) is 35.4 Å². The number of hydrogen-bond acceptors (Lipinski definition) is 4. The van der Waals surface area contributed by atoms with Gasteiger partial charge in [-0.2, -0.15) is 0 Å². The molecule has 25 heavy (non-hydrogen) atoms. The Morgan fingerprint density at radius 2 is 1.44 bits per heavy atom. The van der Waals surface area contributed by atoms with E-state index < -0.39 is 17.5 Å². The lowest BCUT2D eigenvalue weighted by molar-refractivity contribution is -0.131. The number of phenolic OH excluding ortho intramolecular Hbond substituents is 1. The summed E-state index contributed by atoms with van der Waals surface area (Å²) in [4.78, 5) is 22.1. The van der Waals surface area contributed by atoms with E-state index in [2.05, 4.69) is 0 Å². The summed E-state index contributed by atoms with van der Waals surface area (Å²) in [7, 11) is 0. The van der Waals surface area contributed by atoms with E-state index in [0.29, 0.717) is 11.5 Å². The van der Waals surface area contributed by atoms with Gasteiger partial charge in [0.05, 0.1) is 5.56 Å². The van der Waals surface area contributed by atoms with Crippen molar-refractivity contribution in [2.75, 3.05) is 0 Å². The highest BCUT2D eigenvalue weighted by Crippen LogP contribution is 2.30. The number of ketones is 1. The zero-order valence-electron chi connectivity index (χ0n) is 13.0. The van der Waals surface area contributed by atoms with E-state index in [1.54, 1.807) is 6.07 Å². The van der Waals surface area contributed by atoms with Crippen LogP contribution in [0.2, 0.25) is 0 Å². The van der Waals surface area contributed by atoms with Gasteiger partial charge in [-0.15, -0.1) is 0 Å². The van der Waals surface area contributed by atoms with Crippen LogP contribution in [0.1, 0.15) is 10.4 Å². The molecular formula is C20H14O5.